The van der Waals surface area contributed by atoms with Crippen molar-refractivity contribution in [3.8, 4) is 0 Å². The summed E-state index contributed by atoms with van der Waals surface area (Å²) < 4.78 is 0. The molecule has 1 saturated heterocycles. The lowest BCUT2D eigenvalue weighted by Crippen LogP contribution is -2.63. The minimum atomic E-state index is 0.228. The molecular weight excluding hydrogens is 228 g/mol. The van der Waals surface area contributed by atoms with Gasteiger partial charge in [0, 0.05) is 24.7 Å². The number of rotatable bonds is 4. The summed E-state index contributed by atoms with van der Waals surface area (Å²) in [6.07, 6.45) is 2.28. The lowest BCUT2D eigenvalue weighted by atomic mass is 9.87. The molecule has 102 valence electrons. The van der Waals surface area contributed by atoms with Gasteiger partial charge in [-0.25, -0.2) is 0 Å². The maximum Gasteiger partial charge on any atom is 0.188 e. The van der Waals surface area contributed by atoms with E-state index in [1.165, 1.54) is 4.80 Å². The van der Waals surface area contributed by atoms with Crippen LogP contribution in [0.25, 0.3) is 0 Å². The zero-order valence-electron chi connectivity index (χ0n) is 11.8. The quantitative estimate of drug-likeness (QED) is 0.848. The Balaban J connectivity index is 2.15. The van der Waals surface area contributed by atoms with Crippen molar-refractivity contribution < 1.29 is 0 Å². The van der Waals surface area contributed by atoms with Gasteiger partial charge >= 0.3 is 0 Å². The molecule has 2 rings (SSSR count). The third-order valence-electron chi connectivity index (χ3n) is 4.14. The molecule has 1 unspecified atom stereocenters. The molecule has 2 heterocycles. The van der Waals surface area contributed by atoms with Gasteiger partial charge in [-0.3, -0.25) is 4.90 Å². The number of tetrazole rings is 1. The first-order valence-corrected chi connectivity index (χ1v) is 6.81. The first-order valence-electron chi connectivity index (χ1n) is 6.81. The number of nitrogens with one attached hydrogen (secondary N) is 1. The Morgan fingerprint density at radius 2 is 2.11 bits per heavy atom. The molecule has 6 heteroatoms. The van der Waals surface area contributed by atoms with Gasteiger partial charge in [0.2, 0.25) is 0 Å². The molecule has 0 amide bonds. The number of aromatic nitrogens is 4. The second-order valence-corrected chi connectivity index (χ2v) is 5.29. The molecule has 0 aliphatic carbocycles. The Bertz CT molecular complexity index is 384. The fourth-order valence-corrected chi connectivity index (χ4v) is 2.80. The maximum atomic E-state index is 4.30. The van der Waals surface area contributed by atoms with E-state index in [0.717, 1.165) is 38.3 Å². The summed E-state index contributed by atoms with van der Waals surface area (Å²) in [5, 5.41) is 15.9. The predicted octanol–water partition coefficient (Wildman–Crippen LogP) is 0.563. The van der Waals surface area contributed by atoms with Crippen LogP contribution in [0.4, 0.5) is 0 Å². The second-order valence-electron chi connectivity index (χ2n) is 5.29. The number of hydrogen-bond donors (Lipinski definition) is 1. The van der Waals surface area contributed by atoms with Crippen molar-refractivity contribution >= 4 is 0 Å². The molecule has 1 N–H and O–H groups in total. The molecule has 0 spiro atoms. The molecule has 0 radical (unpaired) electrons. The largest absolute Gasteiger partial charge is 0.311 e. The van der Waals surface area contributed by atoms with E-state index in [1.807, 2.05) is 7.05 Å². The highest BCUT2D eigenvalue weighted by Crippen LogP contribution is 2.27. The SMILES string of the molecule is CCC1(CC)CNC(C)CN1Cc1nnn(C)n1. The van der Waals surface area contributed by atoms with Gasteiger partial charge in [0.25, 0.3) is 0 Å². The molecule has 1 aliphatic rings. The summed E-state index contributed by atoms with van der Waals surface area (Å²) in [5.41, 5.74) is 0.228. The van der Waals surface area contributed by atoms with Crippen LogP contribution in [0.5, 0.6) is 0 Å². The summed E-state index contributed by atoms with van der Waals surface area (Å²) in [7, 11) is 1.81. The number of hydrogen-bond acceptors (Lipinski definition) is 5. The van der Waals surface area contributed by atoms with Crippen LogP contribution in [0.3, 0.4) is 0 Å². The Kier molecular flexibility index (Phi) is 3.97. The van der Waals surface area contributed by atoms with Crippen molar-refractivity contribution in [1.29, 1.82) is 0 Å². The zero-order valence-corrected chi connectivity index (χ0v) is 11.8. The highest BCUT2D eigenvalue weighted by atomic mass is 15.6. The van der Waals surface area contributed by atoms with Crippen LogP contribution in [0, 0.1) is 0 Å². The van der Waals surface area contributed by atoms with Gasteiger partial charge < -0.3 is 5.32 Å². The van der Waals surface area contributed by atoms with Crippen molar-refractivity contribution in [3.05, 3.63) is 5.82 Å². The Hall–Kier alpha value is -1.01. The summed E-state index contributed by atoms with van der Waals surface area (Å²) in [6, 6.07) is 0.521. The lowest BCUT2D eigenvalue weighted by molar-refractivity contribution is 0.0257. The van der Waals surface area contributed by atoms with Crippen molar-refractivity contribution in [1.82, 2.24) is 30.4 Å². The van der Waals surface area contributed by atoms with Crippen molar-refractivity contribution in [2.24, 2.45) is 7.05 Å². The molecule has 1 aromatic heterocycles. The van der Waals surface area contributed by atoms with Gasteiger partial charge in [0.15, 0.2) is 5.82 Å². The smallest absolute Gasteiger partial charge is 0.188 e. The monoisotopic (exact) mass is 252 g/mol. The molecule has 6 nitrogen and oxygen atoms in total. The average molecular weight is 252 g/mol. The van der Waals surface area contributed by atoms with E-state index in [1.54, 1.807) is 0 Å². The molecule has 1 atom stereocenters. The van der Waals surface area contributed by atoms with E-state index >= 15 is 0 Å². The van der Waals surface area contributed by atoms with Crippen LogP contribution in [-0.2, 0) is 13.6 Å². The van der Waals surface area contributed by atoms with Gasteiger partial charge in [0.05, 0.1) is 13.6 Å². The van der Waals surface area contributed by atoms with Gasteiger partial charge in [-0.05, 0) is 25.0 Å². The first-order chi connectivity index (χ1) is 8.59. The normalized spacial score (nSPS) is 24.3. The number of piperazine rings is 1. The van der Waals surface area contributed by atoms with Crippen LogP contribution in [0.1, 0.15) is 39.4 Å². The van der Waals surface area contributed by atoms with Gasteiger partial charge in [0.1, 0.15) is 0 Å². The van der Waals surface area contributed by atoms with Gasteiger partial charge in [-0.1, -0.05) is 13.8 Å². The molecule has 1 fully saturated rings. The minimum Gasteiger partial charge on any atom is -0.311 e. The fourth-order valence-electron chi connectivity index (χ4n) is 2.80. The number of nitrogens with zero attached hydrogens (tertiary/aromatic N) is 5. The van der Waals surface area contributed by atoms with Crippen LogP contribution >= 0.6 is 0 Å². The van der Waals surface area contributed by atoms with E-state index in [4.69, 9.17) is 0 Å². The zero-order chi connectivity index (χ0) is 13.2. The van der Waals surface area contributed by atoms with Crippen molar-refractivity contribution in [2.45, 2.75) is 51.7 Å². The van der Waals surface area contributed by atoms with E-state index < -0.39 is 0 Å². The average Bonchev–Trinajstić information content (AvgIpc) is 2.76. The standard InChI is InChI=1S/C12H24N6/c1-5-12(6-2)9-13-10(3)7-18(12)8-11-14-16-17(4)15-11/h10,13H,5-9H2,1-4H3. The predicted molar refractivity (Wildman–Crippen MR) is 70.0 cm³/mol. The Labute approximate surface area is 109 Å². The van der Waals surface area contributed by atoms with Crippen LogP contribution in [0.2, 0.25) is 0 Å². The van der Waals surface area contributed by atoms with E-state index in [0.29, 0.717) is 6.04 Å². The molecular formula is C12H24N6. The Morgan fingerprint density at radius 3 is 2.67 bits per heavy atom. The first kappa shape index (κ1) is 13.4. The fraction of sp³-hybridized carbons (Fsp3) is 0.917. The van der Waals surface area contributed by atoms with Gasteiger partial charge in [-0.15, -0.1) is 10.2 Å². The molecule has 0 saturated carbocycles. The molecule has 0 aromatic carbocycles. The maximum absolute atomic E-state index is 4.30. The molecule has 0 bridgehead atoms. The summed E-state index contributed by atoms with van der Waals surface area (Å²) in [6.45, 7) is 9.63. The third kappa shape index (κ3) is 2.54. The second kappa shape index (κ2) is 5.32. The number of aryl methyl sites for hydroxylation is 1. The van der Waals surface area contributed by atoms with Crippen LogP contribution in [0.15, 0.2) is 0 Å². The van der Waals surface area contributed by atoms with Gasteiger partial charge in [-0.2, -0.15) is 4.80 Å². The minimum absolute atomic E-state index is 0.228. The van der Waals surface area contributed by atoms with E-state index in [2.05, 4.69) is 46.4 Å². The summed E-state index contributed by atoms with van der Waals surface area (Å²) in [4.78, 5) is 4.05. The molecule has 1 aliphatic heterocycles. The highest BCUT2D eigenvalue weighted by Gasteiger charge is 2.38. The molecule has 18 heavy (non-hydrogen) atoms. The Morgan fingerprint density at radius 1 is 1.39 bits per heavy atom. The van der Waals surface area contributed by atoms with Crippen LogP contribution in [-0.4, -0.2) is 49.8 Å². The van der Waals surface area contributed by atoms with E-state index in [-0.39, 0.29) is 5.54 Å². The molecule has 1 aromatic rings. The van der Waals surface area contributed by atoms with Crippen molar-refractivity contribution in [3.63, 3.8) is 0 Å². The summed E-state index contributed by atoms with van der Waals surface area (Å²) in [5.74, 6) is 0.817. The topological polar surface area (TPSA) is 58.9 Å². The third-order valence-corrected chi connectivity index (χ3v) is 4.14. The summed E-state index contributed by atoms with van der Waals surface area (Å²) >= 11 is 0. The van der Waals surface area contributed by atoms with Crippen LogP contribution < -0.4 is 5.32 Å². The highest BCUT2D eigenvalue weighted by molar-refractivity contribution is 4.98. The van der Waals surface area contributed by atoms with Crippen molar-refractivity contribution in [2.75, 3.05) is 13.1 Å². The lowest BCUT2D eigenvalue weighted by Gasteiger charge is -2.48. The van der Waals surface area contributed by atoms with E-state index in [9.17, 15) is 0 Å².